The van der Waals surface area contributed by atoms with E-state index in [1.54, 1.807) is 0 Å². The number of hydrogen-bond acceptors (Lipinski definition) is 2. The van der Waals surface area contributed by atoms with Crippen LogP contribution in [0.2, 0.25) is 0 Å². The topological polar surface area (TPSA) is 50.4 Å². The van der Waals surface area contributed by atoms with E-state index < -0.39 is 0 Å². The Balaban J connectivity index is 1.40. The molecule has 0 aliphatic carbocycles. The number of nitrogens with one attached hydrogen (secondary N) is 2. The van der Waals surface area contributed by atoms with Gasteiger partial charge in [0.25, 0.3) is 0 Å². The Hall–Kier alpha value is -1.07. The number of amides is 2. The molecular weight excluding hydrogens is 320 g/mol. The lowest BCUT2D eigenvalue weighted by atomic mass is 9.96. The largest absolute Gasteiger partial charge is 0.373 e. The summed E-state index contributed by atoms with van der Waals surface area (Å²) in [6.45, 7) is 0.635. The van der Waals surface area contributed by atoms with Gasteiger partial charge in [-0.25, -0.2) is 4.79 Å². The van der Waals surface area contributed by atoms with E-state index in [9.17, 15) is 4.79 Å². The van der Waals surface area contributed by atoms with Gasteiger partial charge in [-0.1, -0.05) is 34.1 Å². The van der Waals surface area contributed by atoms with Gasteiger partial charge in [0.2, 0.25) is 0 Å². The van der Waals surface area contributed by atoms with E-state index in [-0.39, 0.29) is 18.2 Å². The molecule has 108 valence electrons. The van der Waals surface area contributed by atoms with Gasteiger partial charge in [0.15, 0.2) is 0 Å². The van der Waals surface area contributed by atoms with Crippen LogP contribution in [0.25, 0.3) is 0 Å². The van der Waals surface area contributed by atoms with Crippen molar-refractivity contribution >= 4 is 22.0 Å². The van der Waals surface area contributed by atoms with Gasteiger partial charge in [-0.05, 0) is 37.3 Å². The molecule has 4 nitrogen and oxygen atoms in total. The Morgan fingerprint density at radius 3 is 2.90 bits per heavy atom. The second kappa shape index (κ2) is 6.14. The fourth-order valence-electron chi connectivity index (χ4n) is 3.02. The third-order valence-corrected chi connectivity index (χ3v) is 4.83. The average molecular weight is 339 g/mol. The molecule has 2 fully saturated rings. The zero-order valence-corrected chi connectivity index (χ0v) is 12.9. The van der Waals surface area contributed by atoms with Gasteiger partial charge in [0, 0.05) is 11.0 Å². The number of carbonyl (C=O) groups is 1. The lowest BCUT2D eigenvalue weighted by Gasteiger charge is -2.20. The van der Waals surface area contributed by atoms with E-state index in [4.69, 9.17) is 4.74 Å². The van der Waals surface area contributed by atoms with Crippen LogP contribution < -0.4 is 10.6 Å². The van der Waals surface area contributed by atoms with E-state index >= 15 is 0 Å². The summed E-state index contributed by atoms with van der Waals surface area (Å²) in [7, 11) is 0. The molecule has 2 N–H and O–H groups in total. The first-order chi connectivity index (χ1) is 9.72. The number of halogens is 1. The lowest BCUT2D eigenvalue weighted by molar-refractivity contribution is 0.0981. The Morgan fingerprint density at radius 2 is 2.20 bits per heavy atom. The molecular formula is C15H19BrN2O2. The number of rotatable bonds is 4. The molecule has 0 radical (unpaired) electrons. The van der Waals surface area contributed by atoms with E-state index in [1.807, 2.05) is 18.2 Å². The van der Waals surface area contributed by atoms with E-state index in [0.29, 0.717) is 12.6 Å². The van der Waals surface area contributed by atoms with Crippen LogP contribution in [0.4, 0.5) is 4.79 Å². The second-order valence-corrected chi connectivity index (χ2v) is 6.31. The van der Waals surface area contributed by atoms with Crippen LogP contribution in [-0.4, -0.2) is 30.8 Å². The minimum atomic E-state index is -0.0850. The van der Waals surface area contributed by atoms with E-state index in [1.165, 1.54) is 5.56 Å². The molecule has 5 heteroatoms. The molecule has 20 heavy (non-hydrogen) atoms. The molecule has 2 heterocycles. The Kier molecular flexibility index (Phi) is 4.27. The fourth-order valence-corrected chi connectivity index (χ4v) is 3.50. The van der Waals surface area contributed by atoms with Crippen molar-refractivity contribution in [1.82, 2.24) is 10.6 Å². The van der Waals surface area contributed by atoms with Crippen LogP contribution in [0.15, 0.2) is 28.7 Å². The minimum Gasteiger partial charge on any atom is -0.373 e. The maximum absolute atomic E-state index is 11.9. The van der Waals surface area contributed by atoms with Crippen LogP contribution in [-0.2, 0) is 11.2 Å². The fraction of sp³-hybridized carbons (Fsp3) is 0.533. The molecule has 2 bridgehead atoms. The van der Waals surface area contributed by atoms with Gasteiger partial charge in [-0.3, -0.25) is 0 Å². The number of fused-ring (bicyclic) bond motifs is 2. The van der Waals surface area contributed by atoms with Crippen LogP contribution in [0.1, 0.15) is 24.8 Å². The average Bonchev–Trinajstić information content (AvgIpc) is 3.03. The number of carbonyl (C=O) groups excluding carboxylic acids is 1. The number of benzene rings is 1. The van der Waals surface area contributed by atoms with Crippen molar-refractivity contribution in [2.45, 2.75) is 43.9 Å². The Bertz CT molecular complexity index is 495. The van der Waals surface area contributed by atoms with Crippen molar-refractivity contribution in [2.24, 2.45) is 0 Å². The van der Waals surface area contributed by atoms with Gasteiger partial charge >= 0.3 is 6.03 Å². The smallest absolute Gasteiger partial charge is 0.315 e. The summed E-state index contributed by atoms with van der Waals surface area (Å²) in [6, 6.07) is 8.18. The van der Waals surface area contributed by atoms with Crippen molar-refractivity contribution in [1.29, 1.82) is 0 Å². The molecule has 0 unspecified atom stereocenters. The summed E-state index contributed by atoms with van der Waals surface area (Å²) in [5.74, 6) is 0. The first-order valence-corrected chi connectivity index (χ1v) is 7.95. The Morgan fingerprint density at radius 1 is 1.35 bits per heavy atom. The zero-order chi connectivity index (χ0) is 13.9. The first kappa shape index (κ1) is 13.9. The van der Waals surface area contributed by atoms with Gasteiger partial charge in [0.05, 0.1) is 18.2 Å². The van der Waals surface area contributed by atoms with Crippen LogP contribution in [0, 0.1) is 0 Å². The molecule has 2 amide bonds. The molecule has 1 aromatic rings. The molecule has 3 rings (SSSR count). The van der Waals surface area contributed by atoms with Crippen molar-refractivity contribution in [2.75, 3.05) is 6.54 Å². The highest BCUT2D eigenvalue weighted by Gasteiger charge is 2.41. The Labute approximate surface area is 127 Å². The zero-order valence-electron chi connectivity index (χ0n) is 11.3. The number of hydrogen-bond donors (Lipinski definition) is 2. The standard InChI is InChI=1S/C15H19BrN2O2/c16-12-4-2-1-3-10(12)7-8-17-15(19)18-13-9-11-5-6-14(13)20-11/h1-4,11,13-14H,5-9H2,(H2,17,18,19)/t11-,13+,14+/m0/s1. The molecule has 2 aliphatic heterocycles. The van der Waals surface area contributed by atoms with Crippen molar-refractivity contribution < 1.29 is 9.53 Å². The quantitative estimate of drug-likeness (QED) is 0.886. The number of urea groups is 1. The summed E-state index contributed by atoms with van der Waals surface area (Å²) < 4.78 is 6.81. The van der Waals surface area contributed by atoms with E-state index in [0.717, 1.165) is 30.2 Å². The number of ether oxygens (including phenoxy) is 1. The lowest BCUT2D eigenvalue weighted by Crippen LogP contribution is -2.46. The molecule has 0 saturated carbocycles. The van der Waals surface area contributed by atoms with Crippen LogP contribution in [0.3, 0.4) is 0 Å². The molecule has 3 atom stereocenters. The molecule has 0 aromatic heterocycles. The maximum Gasteiger partial charge on any atom is 0.315 e. The predicted molar refractivity (Wildman–Crippen MR) is 80.7 cm³/mol. The summed E-state index contributed by atoms with van der Waals surface area (Å²) in [6.07, 6.45) is 4.60. The van der Waals surface area contributed by atoms with Gasteiger partial charge in [0.1, 0.15) is 0 Å². The van der Waals surface area contributed by atoms with Gasteiger partial charge in [-0.2, -0.15) is 0 Å². The third-order valence-electron chi connectivity index (χ3n) is 4.06. The van der Waals surface area contributed by atoms with Crippen LogP contribution >= 0.6 is 15.9 Å². The summed E-state index contributed by atoms with van der Waals surface area (Å²) in [5, 5.41) is 5.94. The highest BCUT2D eigenvalue weighted by molar-refractivity contribution is 9.10. The SMILES string of the molecule is O=C(NCCc1ccccc1Br)N[C@@H]1C[C@@H]2CC[C@H]1O2. The molecule has 2 saturated heterocycles. The van der Waals surface area contributed by atoms with Crippen LogP contribution in [0.5, 0.6) is 0 Å². The maximum atomic E-state index is 11.9. The summed E-state index contributed by atoms with van der Waals surface area (Å²) in [5.41, 5.74) is 1.20. The molecule has 0 spiro atoms. The second-order valence-electron chi connectivity index (χ2n) is 5.46. The first-order valence-electron chi connectivity index (χ1n) is 7.15. The molecule has 2 aliphatic rings. The highest BCUT2D eigenvalue weighted by Crippen LogP contribution is 2.34. The van der Waals surface area contributed by atoms with Crippen molar-refractivity contribution in [3.63, 3.8) is 0 Å². The normalized spacial score (nSPS) is 27.6. The van der Waals surface area contributed by atoms with Gasteiger partial charge in [-0.15, -0.1) is 0 Å². The van der Waals surface area contributed by atoms with E-state index in [2.05, 4.69) is 32.6 Å². The minimum absolute atomic E-state index is 0.0850. The highest BCUT2D eigenvalue weighted by atomic mass is 79.9. The third kappa shape index (κ3) is 3.15. The summed E-state index contributed by atoms with van der Waals surface area (Å²) >= 11 is 3.51. The predicted octanol–water partition coefficient (Wildman–Crippen LogP) is 2.61. The monoisotopic (exact) mass is 338 g/mol. The van der Waals surface area contributed by atoms with Crippen molar-refractivity contribution in [3.05, 3.63) is 34.3 Å². The van der Waals surface area contributed by atoms with Gasteiger partial charge < -0.3 is 15.4 Å². The van der Waals surface area contributed by atoms with Crippen molar-refractivity contribution in [3.8, 4) is 0 Å². The molecule has 1 aromatic carbocycles. The summed E-state index contributed by atoms with van der Waals surface area (Å²) in [4.78, 5) is 11.9.